The number of halogens is 3. The van der Waals surface area contributed by atoms with Crippen molar-refractivity contribution in [3.63, 3.8) is 0 Å². The molecule has 4 aromatic rings. The number of alkyl halides is 3. The monoisotopic (exact) mass is 616 g/mol. The molecule has 5 nitrogen and oxygen atoms in total. The van der Waals surface area contributed by atoms with Crippen molar-refractivity contribution in [1.29, 1.82) is 0 Å². The number of hydrogen-bond acceptors (Lipinski definition) is 4. The zero-order valence-electron chi connectivity index (χ0n) is 17.4. The van der Waals surface area contributed by atoms with E-state index in [1.165, 1.54) is 6.07 Å². The molecule has 32 heavy (non-hydrogen) atoms. The van der Waals surface area contributed by atoms with E-state index >= 15 is 0 Å². The molecule has 0 unspecified atom stereocenters. The van der Waals surface area contributed by atoms with Crippen LogP contribution in [-0.2, 0) is 32.7 Å². The SMILES string of the molecule is Cc1nc[c-]c(-n2ccc(C(C)(C)c3cccc(-c4[c-]cc(C(F)(F)F)cc4)n3)n2)n1.[Pt+2]. The van der Waals surface area contributed by atoms with Gasteiger partial charge in [0.2, 0.25) is 0 Å². The Bertz CT molecular complexity index is 1220. The summed E-state index contributed by atoms with van der Waals surface area (Å²) >= 11 is 0. The number of nitrogens with zero attached hydrogens (tertiary/aromatic N) is 5. The molecule has 0 aliphatic rings. The van der Waals surface area contributed by atoms with Crippen LogP contribution in [0.15, 0.2) is 54.9 Å². The average molecular weight is 617 g/mol. The summed E-state index contributed by atoms with van der Waals surface area (Å²) in [6.07, 6.45) is -1.05. The predicted octanol–water partition coefficient (Wildman–Crippen LogP) is 4.98. The molecule has 1 aromatic carbocycles. The van der Waals surface area contributed by atoms with Crippen molar-refractivity contribution in [1.82, 2.24) is 24.7 Å². The van der Waals surface area contributed by atoms with Gasteiger partial charge in [0, 0.05) is 11.9 Å². The van der Waals surface area contributed by atoms with Crippen molar-refractivity contribution < 1.29 is 34.2 Å². The number of aromatic nitrogens is 5. The van der Waals surface area contributed by atoms with Gasteiger partial charge in [-0.2, -0.15) is 18.3 Å². The van der Waals surface area contributed by atoms with Gasteiger partial charge >= 0.3 is 27.2 Å². The summed E-state index contributed by atoms with van der Waals surface area (Å²) in [6, 6.07) is 16.3. The first-order valence-corrected chi connectivity index (χ1v) is 9.49. The smallest absolute Gasteiger partial charge is 0.406 e. The van der Waals surface area contributed by atoms with Gasteiger partial charge in [0.1, 0.15) is 5.82 Å². The molecule has 0 bridgehead atoms. The predicted molar refractivity (Wildman–Crippen MR) is 108 cm³/mol. The summed E-state index contributed by atoms with van der Waals surface area (Å²) in [4.78, 5) is 13.1. The Morgan fingerprint density at radius 3 is 2.38 bits per heavy atom. The normalized spacial score (nSPS) is 11.8. The second kappa shape index (κ2) is 8.94. The Labute approximate surface area is 198 Å². The second-order valence-electron chi connectivity index (χ2n) is 7.55. The van der Waals surface area contributed by atoms with Crippen molar-refractivity contribution in [3.05, 3.63) is 89.8 Å². The van der Waals surface area contributed by atoms with E-state index in [0.717, 1.165) is 23.5 Å². The van der Waals surface area contributed by atoms with Gasteiger partial charge in [-0.25, -0.2) is 0 Å². The number of benzene rings is 1. The topological polar surface area (TPSA) is 56.5 Å². The Hall–Kier alpha value is -2.86. The van der Waals surface area contributed by atoms with Crippen molar-refractivity contribution in [3.8, 4) is 17.1 Å². The van der Waals surface area contributed by atoms with Crippen LogP contribution in [0.1, 0.15) is 36.6 Å². The zero-order chi connectivity index (χ0) is 22.2. The third-order valence-corrected chi connectivity index (χ3v) is 4.96. The van der Waals surface area contributed by atoms with Gasteiger partial charge < -0.3 is 11.1 Å². The van der Waals surface area contributed by atoms with Gasteiger partial charge in [-0.3, -0.25) is 14.6 Å². The Balaban J connectivity index is 0.00000289. The van der Waals surface area contributed by atoms with Gasteiger partial charge in [-0.15, -0.1) is 36.0 Å². The molecule has 0 atom stereocenters. The van der Waals surface area contributed by atoms with Crippen LogP contribution in [0, 0.1) is 19.1 Å². The van der Waals surface area contributed by atoms with Gasteiger partial charge in [0.15, 0.2) is 0 Å². The molecule has 0 aliphatic carbocycles. The fourth-order valence-electron chi connectivity index (χ4n) is 3.11. The molecule has 0 N–H and O–H groups in total. The quantitative estimate of drug-likeness (QED) is 0.304. The third kappa shape index (κ3) is 4.80. The largest absolute Gasteiger partial charge is 2.00 e. The summed E-state index contributed by atoms with van der Waals surface area (Å²) in [5, 5.41) is 4.63. The van der Waals surface area contributed by atoms with Crippen LogP contribution in [-0.4, -0.2) is 24.7 Å². The summed E-state index contributed by atoms with van der Waals surface area (Å²) in [5.41, 5.74) is 1.22. The molecule has 0 radical (unpaired) electrons. The van der Waals surface area contributed by atoms with Crippen LogP contribution in [0.2, 0.25) is 0 Å². The fourth-order valence-corrected chi connectivity index (χ4v) is 3.11. The molecular formula is C23H18F3N5Pt. The molecule has 4 rings (SSSR count). The standard InChI is InChI=1S/C23H18F3N5.Pt/c1-15-27-13-11-21(28-15)31-14-12-20(30-31)22(2,3)19-6-4-5-18(29-19)16-7-9-17(10-8-16)23(24,25)26;/h4-7,9-10,12-14H,1-3H3;/q-2;+2. The van der Waals surface area contributed by atoms with E-state index in [0.29, 0.717) is 22.9 Å². The molecule has 0 spiro atoms. The van der Waals surface area contributed by atoms with E-state index in [1.807, 2.05) is 32.0 Å². The zero-order valence-corrected chi connectivity index (χ0v) is 19.7. The molecule has 3 aromatic heterocycles. The van der Waals surface area contributed by atoms with Gasteiger partial charge in [0.05, 0.1) is 11.1 Å². The maximum atomic E-state index is 12.8. The summed E-state index contributed by atoms with van der Waals surface area (Å²) in [6.45, 7) is 5.76. The molecule has 0 aliphatic heterocycles. The minimum atomic E-state index is -4.40. The molecule has 3 heterocycles. The Morgan fingerprint density at radius 1 is 0.938 bits per heavy atom. The first kappa shape index (κ1) is 23.8. The van der Waals surface area contributed by atoms with Crippen LogP contribution >= 0.6 is 0 Å². The second-order valence-corrected chi connectivity index (χ2v) is 7.55. The summed E-state index contributed by atoms with van der Waals surface area (Å²) in [7, 11) is 0. The van der Waals surface area contributed by atoms with E-state index in [2.05, 4.69) is 32.2 Å². The van der Waals surface area contributed by atoms with E-state index in [9.17, 15) is 13.2 Å². The van der Waals surface area contributed by atoms with E-state index in [-0.39, 0.29) is 21.1 Å². The number of rotatable bonds is 4. The molecule has 0 saturated carbocycles. The Morgan fingerprint density at radius 2 is 1.72 bits per heavy atom. The summed E-state index contributed by atoms with van der Waals surface area (Å²) in [5.74, 6) is 1.16. The van der Waals surface area contributed by atoms with E-state index in [4.69, 9.17) is 0 Å². The van der Waals surface area contributed by atoms with Crippen molar-refractivity contribution in [2.45, 2.75) is 32.4 Å². The van der Waals surface area contributed by atoms with Gasteiger partial charge in [-0.05, 0) is 50.0 Å². The van der Waals surface area contributed by atoms with Gasteiger partial charge in [-0.1, -0.05) is 12.1 Å². The third-order valence-electron chi connectivity index (χ3n) is 4.96. The molecular weight excluding hydrogens is 598 g/mol. The van der Waals surface area contributed by atoms with E-state index < -0.39 is 17.2 Å². The summed E-state index contributed by atoms with van der Waals surface area (Å²) < 4.78 is 40.1. The minimum absolute atomic E-state index is 0. The first-order valence-electron chi connectivity index (χ1n) is 9.49. The van der Waals surface area contributed by atoms with Crippen LogP contribution in [0.25, 0.3) is 17.1 Å². The average Bonchev–Trinajstić information content (AvgIpc) is 3.25. The molecule has 0 amide bonds. The van der Waals surface area contributed by atoms with Crippen LogP contribution in [0.5, 0.6) is 0 Å². The molecule has 166 valence electrons. The number of pyridine rings is 1. The van der Waals surface area contributed by atoms with Crippen molar-refractivity contribution >= 4 is 0 Å². The van der Waals surface area contributed by atoms with Crippen LogP contribution < -0.4 is 0 Å². The fraction of sp³-hybridized carbons (Fsp3) is 0.217. The van der Waals surface area contributed by atoms with Crippen molar-refractivity contribution in [2.75, 3.05) is 0 Å². The van der Waals surface area contributed by atoms with E-state index in [1.54, 1.807) is 30.1 Å². The molecule has 0 fully saturated rings. The van der Waals surface area contributed by atoms with Crippen LogP contribution in [0.4, 0.5) is 13.2 Å². The van der Waals surface area contributed by atoms with Crippen LogP contribution in [0.3, 0.4) is 0 Å². The van der Waals surface area contributed by atoms with Gasteiger partial charge in [0.25, 0.3) is 0 Å². The first-order chi connectivity index (χ1) is 14.6. The minimum Gasteiger partial charge on any atom is -0.406 e. The molecule has 9 heteroatoms. The maximum Gasteiger partial charge on any atom is 2.00 e. The Kier molecular flexibility index (Phi) is 6.65. The number of hydrogen-bond donors (Lipinski definition) is 0. The molecule has 0 saturated heterocycles. The van der Waals surface area contributed by atoms with Crippen molar-refractivity contribution in [2.24, 2.45) is 0 Å². The number of aryl methyl sites for hydroxylation is 1. The maximum absolute atomic E-state index is 12.8.